The van der Waals surface area contributed by atoms with Gasteiger partial charge in [0, 0.05) is 18.0 Å². The molecule has 0 aliphatic carbocycles. The van der Waals surface area contributed by atoms with Crippen LogP contribution >= 0.6 is 0 Å². The van der Waals surface area contributed by atoms with E-state index in [0.717, 1.165) is 30.0 Å². The third kappa shape index (κ3) is 6.42. The van der Waals surface area contributed by atoms with Crippen LogP contribution in [0, 0.1) is 5.92 Å². The predicted molar refractivity (Wildman–Crippen MR) is 95.6 cm³/mol. The fraction of sp³-hybridized carbons (Fsp3) is 0.350. The lowest BCUT2D eigenvalue weighted by atomic mass is 10.2. The molecule has 0 unspecified atom stereocenters. The van der Waals surface area contributed by atoms with E-state index in [0.29, 0.717) is 12.5 Å². The van der Waals surface area contributed by atoms with Gasteiger partial charge in [0.05, 0.1) is 6.54 Å². The number of carbonyl (C=O) groups excluding carboxylic acids is 1. The van der Waals surface area contributed by atoms with Gasteiger partial charge in [0.15, 0.2) is 6.61 Å². The van der Waals surface area contributed by atoms with E-state index in [9.17, 15) is 4.79 Å². The summed E-state index contributed by atoms with van der Waals surface area (Å²) in [5.74, 6) is 1.33. The van der Waals surface area contributed by atoms with Crippen molar-refractivity contribution in [2.75, 3.05) is 13.2 Å². The lowest BCUT2D eigenvalue weighted by Crippen LogP contribution is -2.83. The van der Waals surface area contributed by atoms with Gasteiger partial charge in [0.1, 0.15) is 12.3 Å². The number of carbonyl (C=O) groups is 1. The largest absolute Gasteiger partial charge is 0.483 e. The third-order valence-corrected chi connectivity index (χ3v) is 3.67. The Morgan fingerprint density at radius 2 is 1.79 bits per heavy atom. The van der Waals surface area contributed by atoms with Crippen molar-refractivity contribution in [3.8, 4) is 5.75 Å². The van der Waals surface area contributed by atoms with Crippen molar-refractivity contribution in [3.63, 3.8) is 0 Å². The number of para-hydroxylation sites is 1. The van der Waals surface area contributed by atoms with Crippen LogP contribution in [0.25, 0.3) is 0 Å². The Kier molecular flexibility index (Phi) is 7.30. The summed E-state index contributed by atoms with van der Waals surface area (Å²) in [6.45, 7) is 6.90. The normalized spacial score (nSPS) is 10.6. The van der Waals surface area contributed by atoms with Gasteiger partial charge >= 0.3 is 0 Å². The quantitative estimate of drug-likeness (QED) is 0.741. The molecule has 2 aromatic carbocycles. The van der Waals surface area contributed by atoms with Gasteiger partial charge in [0.25, 0.3) is 5.91 Å². The van der Waals surface area contributed by atoms with Crippen LogP contribution < -0.4 is 15.4 Å². The molecule has 4 nitrogen and oxygen atoms in total. The van der Waals surface area contributed by atoms with Crippen LogP contribution in [0.15, 0.2) is 54.6 Å². The van der Waals surface area contributed by atoms with Gasteiger partial charge in [-0.1, -0.05) is 56.3 Å². The Morgan fingerprint density at radius 3 is 2.54 bits per heavy atom. The van der Waals surface area contributed by atoms with Crippen molar-refractivity contribution in [2.24, 2.45) is 5.92 Å². The highest BCUT2D eigenvalue weighted by molar-refractivity contribution is 5.77. The van der Waals surface area contributed by atoms with Gasteiger partial charge in [-0.25, -0.2) is 0 Å². The number of amides is 1. The number of hydrogen-bond donors (Lipinski definition) is 2. The average molecular weight is 327 g/mol. The molecule has 0 radical (unpaired) electrons. The molecule has 2 aromatic rings. The van der Waals surface area contributed by atoms with Crippen molar-refractivity contribution in [3.05, 3.63) is 65.7 Å². The van der Waals surface area contributed by atoms with Crippen LogP contribution in [0.4, 0.5) is 0 Å². The molecule has 4 heteroatoms. The Labute approximate surface area is 144 Å². The molecule has 0 saturated heterocycles. The molecule has 128 valence electrons. The highest BCUT2D eigenvalue weighted by atomic mass is 16.5. The number of nitrogens with one attached hydrogen (secondary N) is 1. The second-order valence-corrected chi connectivity index (χ2v) is 6.28. The lowest BCUT2D eigenvalue weighted by Gasteiger charge is -2.11. The maximum Gasteiger partial charge on any atom is 0.258 e. The number of rotatable bonds is 9. The second-order valence-electron chi connectivity index (χ2n) is 6.28. The molecular weight excluding hydrogens is 300 g/mol. The monoisotopic (exact) mass is 327 g/mol. The smallest absolute Gasteiger partial charge is 0.258 e. The van der Waals surface area contributed by atoms with Gasteiger partial charge in [0.2, 0.25) is 0 Å². The maximum atomic E-state index is 12.0. The molecule has 2 rings (SSSR count). The molecule has 1 amide bonds. The zero-order valence-corrected chi connectivity index (χ0v) is 14.5. The van der Waals surface area contributed by atoms with E-state index in [1.807, 2.05) is 54.6 Å². The Balaban J connectivity index is 1.79. The van der Waals surface area contributed by atoms with E-state index in [-0.39, 0.29) is 12.5 Å². The minimum atomic E-state index is -0.111. The van der Waals surface area contributed by atoms with E-state index in [2.05, 4.69) is 24.5 Å². The van der Waals surface area contributed by atoms with Gasteiger partial charge in [-0.2, -0.15) is 0 Å². The first kappa shape index (κ1) is 18.0. The number of nitrogens with two attached hydrogens (primary N) is 1. The molecule has 0 atom stereocenters. The summed E-state index contributed by atoms with van der Waals surface area (Å²) < 4.78 is 5.71. The van der Waals surface area contributed by atoms with Gasteiger partial charge in [-0.15, -0.1) is 0 Å². The zero-order valence-electron chi connectivity index (χ0n) is 14.5. The number of hydrogen-bond acceptors (Lipinski definition) is 2. The van der Waals surface area contributed by atoms with Crippen molar-refractivity contribution < 1.29 is 14.8 Å². The number of quaternary nitrogens is 1. The summed E-state index contributed by atoms with van der Waals surface area (Å²) in [5, 5.41) is 5.14. The van der Waals surface area contributed by atoms with Crippen LogP contribution in [0.1, 0.15) is 25.0 Å². The Hall–Kier alpha value is -2.33. The van der Waals surface area contributed by atoms with Gasteiger partial charge in [-0.3, -0.25) is 4.79 Å². The second kappa shape index (κ2) is 9.73. The topological polar surface area (TPSA) is 54.9 Å². The Bertz CT molecular complexity index is 627. The fourth-order valence-corrected chi connectivity index (χ4v) is 2.38. The standard InChI is InChI=1S/C20H26N2O2/c1-16(2)12-21-14-18-10-6-7-11-19(18)24-15-20(23)22-13-17-8-4-3-5-9-17/h3-11,16,21H,12-15H2,1-2H3,(H,22,23)/p+1. The minimum absolute atomic E-state index is 0.0357. The minimum Gasteiger partial charge on any atom is -0.483 e. The summed E-state index contributed by atoms with van der Waals surface area (Å²) in [7, 11) is 0. The highest BCUT2D eigenvalue weighted by Gasteiger charge is 2.08. The molecule has 0 aliphatic rings. The molecule has 0 bridgehead atoms. The SMILES string of the molecule is CC(C)C[NH2+]Cc1ccccc1OCC(=O)NCc1ccccc1. The Morgan fingerprint density at radius 1 is 1.08 bits per heavy atom. The number of ether oxygens (including phenoxy) is 1. The molecule has 0 saturated carbocycles. The summed E-state index contributed by atoms with van der Waals surface area (Å²) in [5.41, 5.74) is 2.20. The molecular formula is C20H27N2O2+. The molecule has 0 aliphatic heterocycles. The lowest BCUT2D eigenvalue weighted by molar-refractivity contribution is -0.675. The van der Waals surface area contributed by atoms with E-state index in [4.69, 9.17) is 4.74 Å². The molecule has 0 spiro atoms. The molecule has 24 heavy (non-hydrogen) atoms. The van der Waals surface area contributed by atoms with Crippen molar-refractivity contribution in [1.82, 2.24) is 5.32 Å². The average Bonchev–Trinajstić information content (AvgIpc) is 2.59. The van der Waals surface area contributed by atoms with Crippen LogP contribution in [-0.2, 0) is 17.9 Å². The van der Waals surface area contributed by atoms with E-state index in [1.54, 1.807) is 0 Å². The van der Waals surface area contributed by atoms with E-state index >= 15 is 0 Å². The summed E-state index contributed by atoms with van der Waals surface area (Å²) in [6, 6.07) is 17.8. The van der Waals surface area contributed by atoms with Crippen molar-refractivity contribution in [2.45, 2.75) is 26.9 Å². The fourth-order valence-electron chi connectivity index (χ4n) is 2.38. The predicted octanol–water partition coefficient (Wildman–Crippen LogP) is 2.10. The first-order valence-corrected chi connectivity index (χ1v) is 8.48. The van der Waals surface area contributed by atoms with Crippen LogP contribution in [0.5, 0.6) is 5.75 Å². The van der Waals surface area contributed by atoms with Gasteiger partial charge < -0.3 is 15.4 Å². The highest BCUT2D eigenvalue weighted by Crippen LogP contribution is 2.16. The molecule has 3 N–H and O–H groups in total. The molecule has 0 fully saturated rings. The van der Waals surface area contributed by atoms with Crippen LogP contribution in [0.3, 0.4) is 0 Å². The maximum absolute atomic E-state index is 12.0. The van der Waals surface area contributed by atoms with Crippen LogP contribution in [-0.4, -0.2) is 19.1 Å². The third-order valence-electron chi connectivity index (χ3n) is 3.67. The molecule has 0 aromatic heterocycles. The first-order valence-electron chi connectivity index (χ1n) is 8.48. The molecule has 0 heterocycles. The van der Waals surface area contributed by atoms with Gasteiger partial charge in [-0.05, 0) is 17.7 Å². The summed E-state index contributed by atoms with van der Waals surface area (Å²) in [4.78, 5) is 12.0. The van der Waals surface area contributed by atoms with Crippen molar-refractivity contribution >= 4 is 5.91 Å². The van der Waals surface area contributed by atoms with E-state index < -0.39 is 0 Å². The first-order chi connectivity index (χ1) is 11.6. The van der Waals surface area contributed by atoms with Crippen molar-refractivity contribution in [1.29, 1.82) is 0 Å². The number of benzene rings is 2. The summed E-state index contributed by atoms with van der Waals surface area (Å²) in [6.07, 6.45) is 0. The zero-order chi connectivity index (χ0) is 17.2. The van der Waals surface area contributed by atoms with Crippen LogP contribution in [0.2, 0.25) is 0 Å². The summed E-state index contributed by atoms with van der Waals surface area (Å²) >= 11 is 0. The van der Waals surface area contributed by atoms with E-state index in [1.165, 1.54) is 0 Å².